The van der Waals surface area contributed by atoms with Crippen molar-refractivity contribution in [1.82, 2.24) is 14.1 Å². The van der Waals surface area contributed by atoms with Gasteiger partial charge in [-0.1, -0.05) is 59.7 Å². The van der Waals surface area contributed by atoms with E-state index in [0.29, 0.717) is 5.69 Å². The summed E-state index contributed by atoms with van der Waals surface area (Å²) in [5, 5.41) is 4.13. The monoisotopic (exact) mass is 410 g/mol. The second-order valence-corrected chi connectivity index (χ2v) is 9.09. The van der Waals surface area contributed by atoms with Gasteiger partial charge in [0, 0.05) is 7.05 Å². The van der Waals surface area contributed by atoms with E-state index < -0.39 is 16.1 Å². The molecule has 0 saturated heterocycles. The lowest BCUT2D eigenvalue weighted by Gasteiger charge is -2.34. The summed E-state index contributed by atoms with van der Waals surface area (Å²) in [6.07, 6.45) is 1.43. The predicted molar refractivity (Wildman–Crippen MR) is 110 cm³/mol. The summed E-state index contributed by atoms with van der Waals surface area (Å²) in [4.78, 5) is 14.8. The van der Waals surface area contributed by atoms with Crippen molar-refractivity contribution in [2.45, 2.75) is 32.0 Å². The molecule has 7 nitrogen and oxygen atoms in total. The first kappa shape index (κ1) is 19.2. The number of amides is 2. The van der Waals surface area contributed by atoms with Gasteiger partial charge in [-0.3, -0.25) is 9.58 Å². The maximum absolute atomic E-state index is 13.3. The molecule has 3 aromatic rings. The van der Waals surface area contributed by atoms with Gasteiger partial charge in [0.2, 0.25) is 0 Å². The van der Waals surface area contributed by atoms with Crippen molar-refractivity contribution >= 4 is 21.7 Å². The highest BCUT2D eigenvalue weighted by Gasteiger charge is 2.44. The normalized spacial score (nSPS) is 15.5. The maximum atomic E-state index is 13.3. The molecule has 2 aromatic carbocycles. The quantitative estimate of drug-likeness (QED) is 0.661. The smallest absolute Gasteiger partial charge is 0.285 e. The summed E-state index contributed by atoms with van der Waals surface area (Å²) >= 11 is 0. The van der Waals surface area contributed by atoms with E-state index in [1.165, 1.54) is 15.8 Å². The van der Waals surface area contributed by atoms with Gasteiger partial charge in [0.05, 0.1) is 19.3 Å². The molecule has 150 valence electrons. The third-order valence-corrected chi connectivity index (χ3v) is 6.87. The van der Waals surface area contributed by atoms with Crippen LogP contribution in [0.25, 0.3) is 0 Å². The number of urea groups is 1. The summed E-state index contributed by atoms with van der Waals surface area (Å²) in [6.45, 7) is 4.18. The number of carbonyl (C=O) groups is 1. The number of carbonyl (C=O) groups excluding carboxylic acids is 1. The van der Waals surface area contributed by atoms with Crippen molar-refractivity contribution in [1.29, 1.82) is 0 Å². The van der Waals surface area contributed by atoms with E-state index in [-0.39, 0.29) is 18.1 Å². The Kier molecular flexibility index (Phi) is 4.66. The van der Waals surface area contributed by atoms with Crippen LogP contribution in [0.4, 0.5) is 10.5 Å². The van der Waals surface area contributed by atoms with Crippen LogP contribution in [-0.4, -0.2) is 28.5 Å². The molecule has 2 heterocycles. The van der Waals surface area contributed by atoms with Gasteiger partial charge in [0.1, 0.15) is 5.69 Å². The van der Waals surface area contributed by atoms with Gasteiger partial charge < -0.3 is 0 Å². The second-order valence-electron chi connectivity index (χ2n) is 7.31. The molecule has 0 spiro atoms. The van der Waals surface area contributed by atoms with E-state index in [9.17, 15) is 13.2 Å². The third-order valence-electron chi connectivity index (χ3n) is 5.04. The summed E-state index contributed by atoms with van der Waals surface area (Å²) in [5.74, 6) is 0. The van der Waals surface area contributed by atoms with Gasteiger partial charge >= 0.3 is 6.03 Å². The molecule has 1 aliphatic rings. The van der Waals surface area contributed by atoms with Gasteiger partial charge in [-0.25, -0.2) is 9.10 Å². The number of sulfonamides is 1. The lowest BCUT2D eigenvalue weighted by molar-refractivity contribution is 0.225. The minimum atomic E-state index is -4.02. The summed E-state index contributed by atoms with van der Waals surface area (Å²) in [5.41, 5.74) is 4.14. The molecule has 0 unspecified atom stereocenters. The Labute approximate surface area is 170 Å². The number of benzene rings is 2. The van der Waals surface area contributed by atoms with E-state index in [1.807, 2.05) is 62.4 Å². The number of anilines is 1. The highest BCUT2D eigenvalue weighted by Crippen LogP contribution is 2.35. The molecule has 0 bridgehead atoms. The van der Waals surface area contributed by atoms with E-state index in [2.05, 4.69) is 5.10 Å². The molecule has 1 aromatic heterocycles. The number of nitrogens with zero attached hydrogens (tertiary/aromatic N) is 4. The Morgan fingerprint density at radius 2 is 1.38 bits per heavy atom. The summed E-state index contributed by atoms with van der Waals surface area (Å²) in [6, 6.07) is 14.7. The minimum Gasteiger partial charge on any atom is -0.285 e. The second kappa shape index (κ2) is 7.04. The number of fused-ring (bicyclic) bond motifs is 1. The van der Waals surface area contributed by atoms with Crippen LogP contribution in [0.3, 0.4) is 0 Å². The molecular weight excluding hydrogens is 388 g/mol. The van der Waals surface area contributed by atoms with Crippen molar-refractivity contribution in [2.24, 2.45) is 7.05 Å². The maximum Gasteiger partial charge on any atom is 0.339 e. The van der Waals surface area contributed by atoms with Gasteiger partial charge in [-0.05, 0) is 25.0 Å². The zero-order chi connectivity index (χ0) is 20.8. The molecule has 0 radical (unpaired) electrons. The van der Waals surface area contributed by atoms with Crippen molar-refractivity contribution in [3.05, 3.63) is 77.0 Å². The molecule has 0 atom stereocenters. The molecule has 2 amide bonds. The van der Waals surface area contributed by atoms with Gasteiger partial charge in [-0.15, -0.1) is 0 Å². The lowest BCUT2D eigenvalue weighted by atomic mass is 10.1. The van der Waals surface area contributed by atoms with Crippen molar-refractivity contribution in [2.75, 3.05) is 4.90 Å². The molecule has 0 N–H and O–H groups in total. The average Bonchev–Trinajstić information content (AvgIpc) is 3.08. The van der Waals surface area contributed by atoms with Crippen LogP contribution >= 0.6 is 0 Å². The van der Waals surface area contributed by atoms with E-state index in [1.54, 1.807) is 7.05 Å². The molecule has 0 aliphatic carbocycles. The number of aromatic nitrogens is 2. The van der Waals surface area contributed by atoms with Crippen LogP contribution < -0.4 is 4.90 Å². The van der Waals surface area contributed by atoms with Crippen molar-refractivity contribution < 1.29 is 13.2 Å². The highest BCUT2D eigenvalue weighted by molar-refractivity contribution is 7.89. The predicted octanol–water partition coefficient (Wildman–Crippen LogP) is 3.37. The largest absolute Gasteiger partial charge is 0.339 e. The fourth-order valence-electron chi connectivity index (χ4n) is 3.38. The van der Waals surface area contributed by atoms with Crippen LogP contribution in [0, 0.1) is 13.8 Å². The van der Waals surface area contributed by atoms with Gasteiger partial charge in [0.15, 0.2) is 5.03 Å². The van der Waals surface area contributed by atoms with Crippen LogP contribution in [0.2, 0.25) is 0 Å². The SMILES string of the molecule is Cc1ccc(CN2C(=O)N(Cc3ccc(C)cc3)S(=O)(=O)c3c2cnn3C)cc1. The molecule has 29 heavy (non-hydrogen) atoms. The van der Waals surface area contributed by atoms with Crippen molar-refractivity contribution in [3.63, 3.8) is 0 Å². The number of rotatable bonds is 4. The first-order chi connectivity index (χ1) is 13.8. The molecule has 0 saturated carbocycles. The fraction of sp³-hybridized carbons (Fsp3) is 0.238. The Bertz CT molecular complexity index is 1170. The third kappa shape index (κ3) is 3.40. The average molecular weight is 410 g/mol. The van der Waals surface area contributed by atoms with Gasteiger partial charge in [0.25, 0.3) is 10.0 Å². The molecule has 1 aliphatic heterocycles. The molecule has 8 heteroatoms. The van der Waals surface area contributed by atoms with Crippen LogP contribution in [0.15, 0.2) is 59.8 Å². The standard InChI is InChI=1S/C21H22N4O3S/c1-15-4-8-17(9-5-15)13-24-19-12-22-23(3)20(19)29(27,28)25(21(24)26)14-18-10-6-16(2)7-11-18/h4-12H,13-14H2,1-3H3. The van der Waals surface area contributed by atoms with Crippen LogP contribution in [0.5, 0.6) is 0 Å². The first-order valence-corrected chi connectivity index (χ1v) is 10.7. The van der Waals surface area contributed by atoms with Crippen LogP contribution in [0.1, 0.15) is 22.3 Å². The topological polar surface area (TPSA) is 75.5 Å². The summed E-state index contributed by atoms with van der Waals surface area (Å²) < 4.78 is 28.7. The first-order valence-electron chi connectivity index (χ1n) is 9.24. The Hall–Kier alpha value is -3.13. The lowest BCUT2D eigenvalue weighted by Crippen LogP contribution is -2.50. The Morgan fingerprint density at radius 1 is 0.862 bits per heavy atom. The Balaban J connectivity index is 1.76. The van der Waals surface area contributed by atoms with Crippen LogP contribution in [-0.2, 0) is 30.2 Å². The molecule has 4 rings (SSSR count). The fourth-order valence-corrected chi connectivity index (χ4v) is 5.02. The summed E-state index contributed by atoms with van der Waals surface area (Å²) in [7, 11) is -2.45. The van der Waals surface area contributed by atoms with Crippen molar-refractivity contribution in [3.8, 4) is 0 Å². The molecular formula is C21H22N4O3S. The minimum absolute atomic E-state index is 0.0244. The Morgan fingerprint density at radius 3 is 1.93 bits per heavy atom. The van der Waals surface area contributed by atoms with E-state index in [4.69, 9.17) is 0 Å². The zero-order valence-corrected chi connectivity index (χ0v) is 17.3. The highest BCUT2D eigenvalue weighted by atomic mass is 32.2. The number of hydrogen-bond acceptors (Lipinski definition) is 4. The van der Waals surface area contributed by atoms with Gasteiger partial charge in [-0.2, -0.15) is 13.5 Å². The molecule has 0 fully saturated rings. The van der Waals surface area contributed by atoms with E-state index in [0.717, 1.165) is 26.6 Å². The van der Waals surface area contributed by atoms with E-state index >= 15 is 0 Å². The zero-order valence-electron chi connectivity index (χ0n) is 16.5. The number of aryl methyl sites for hydroxylation is 3. The number of hydrogen-bond donors (Lipinski definition) is 0.